The molecule has 0 atom stereocenters. The van der Waals surface area contributed by atoms with E-state index in [1.54, 1.807) is 29.2 Å². The van der Waals surface area contributed by atoms with Crippen LogP contribution < -0.4 is 14.9 Å². The van der Waals surface area contributed by atoms with E-state index < -0.39 is 10.0 Å². The van der Waals surface area contributed by atoms with Gasteiger partial charge in [0.25, 0.3) is 15.9 Å². The summed E-state index contributed by atoms with van der Waals surface area (Å²) < 4.78 is 32.6. The van der Waals surface area contributed by atoms with Gasteiger partial charge >= 0.3 is 0 Å². The molecule has 2 aromatic carbocycles. The summed E-state index contributed by atoms with van der Waals surface area (Å²) in [5, 5.41) is 2.58. The minimum absolute atomic E-state index is 0.0445. The molecule has 27 heavy (non-hydrogen) atoms. The van der Waals surface area contributed by atoms with E-state index in [1.807, 2.05) is 0 Å². The fourth-order valence-electron chi connectivity index (χ4n) is 2.64. The second-order valence-corrected chi connectivity index (χ2v) is 7.64. The van der Waals surface area contributed by atoms with Gasteiger partial charge in [-0.25, -0.2) is 8.42 Å². The van der Waals surface area contributed by atoms with E-state index in [4.69, 9.17) is 4.74 Å². The molecule has 1 aliphatic heterocycles. The van der Waals surface area contributed by atoms with E-state index >= 15 is 0 Å². The Morgan fingerprint density at radius 2 is 1.67 bits per heavy atom. The highest BCUT2D eigenvalue weighted by Gasteiger charge is 2.20. The number of amides is 2. The smallest absolute Gasteiger partial charge is 0.261 e. The lowest BCUT2D eigenvalue weighted by Gasteiger charge is -2.26. The number of anilines is 3. The van der Waals surface area contributed by atoms with Gasteiger partial charge in [0, 0.05) is 30.5 Å². The van der Waals surface area contributed by atoms with Gasteiger partial charge in [0.1, 0.15) is 6.61 Å². The Hall–Kier alpha value is -2.91. The van der Waals surface area contributed by atoms with Crippen LogP contribution >= 0.6 is 0 Å². The predicted octanol–water partition coefficient (Wildman–Crippen LogP) is 1.81. The second-order valence-electron chi connectivity index (χ2n) is 5.96. The Balaban J connectivity index is 1.72. The molecule has 1 saturated heterocycles. The van der Waals surface area contributed by atoms with Gasteiger partial charge in [-0.05, 0) is 48.5 Å². The van der Waals surface area contributed by atoms with Crippen molar-refractivity contribution in [2.75, 3.05) is 34.7 Å². The van der Waals surface area contributed by atoms with Crippen molar-refractivity contribution in [2.24, 2.45) is 0 Å². The number of carbonyl (C=O) groups is 2. The molecule has 2 amide bonds. The number of carbonyl (C=O) groups excluding carboxylic acids is 2. The molecule has 2 N–H and O–H groups in total. The second kappa shape index (κ2) is 7.77. The molecule has 2 aromatic rings. The van der Waals surface area contributed by atoms with Crippen LogP contribution in [0.1, 0.15) is 6.92 Å². The van der Waals surface area contributed by atoms with Crippen molar-refractivity contribution >= 4 is 38.9 Å². The molecular weight excluding hydrogens is 370 g/mol. The van der Waals surface area contributed by atoms with Crippen LogP contribution in [-0.2, 0) is 24.3 Å². The molecule has 9 heteroatoms. The molecule has 0 unspecified atom stereocenters. The maximum atomic E-state index is 12.5. The van der Waals surface area contributed by atoms with Crippen molar-refractivity contribution in [2.45, 2.75) is 11.8 Å². The first kappa shape index (κ1) is 18.9. The Labute approximate surface area is 157 Å². The zero-order chi connectivity index (χ0) is 19.4. The third-order valence-corrected chi connectivity index (χ3v) is 5.30. The first-order valence-corrected chi connectivity index (χ1v) is 9.72. The summed E-state index contributed by atoms with van der Waals surface area (Å²) in [5.41, 5.74) is 1.58. The van der Waals surface area contributed by atoms with Crippen LogP contribution in [0.5, 0.6) is 0 Å². The van der Waals surface area contributed by atoms with Crippen molar-refractivity contribution in [3.63, 3.8) is 0 Å². The average molecular weight is 389 g/mol. The van der Waals surface area contributed by atoms with Crippen LogP contribution in [0.4, 0.5) is 17.1 Å². The fourth-order valence-corrected chi connectivity index (χ4v) is 3.69. The predicted molar refractivity (Wildman–Crippen MR) is 101 cm³/mol. The highest BCUT2D eigenvalue weighted by molar-refractivity contribution is 7.92. The summed E-state index contributed by atoms with van der Waals surface area (Å²) in [6, 6.07) is 12.4. The Morgan fingerprint density at radius 3 is 2.26 bits per heavy atom. The van der Waals surface area contributed by atoms with E-state index in [9.17, 15) is 18.0 Å². The first-order chi connectivity index (χ1) is 12.8. The number of benzene rings is 2. The van der Waals surface area contributed by atoms with Gasteiger partial charge in [0.05, 0.1) is 11.5 Å². The molecule has 142 valence electrons. The minimum atomic E-state index is -3.77. The van der Waals surface area contributed by atoms with Crippen LogP contribution in [0, 0.1) is 0 Å². The van der Waals surface area contributed by atoms with E-state index in [1.165, 1.54) is 31.2 Å². The summed E-state index contributed by atoms with van der Waals surface area (Å²) in [6.45, 7) is 2.35. The monoisotopic (exact) mass is 389 g/mol. The van der Waals surface area contributed by atoms with Gasteiger partial charge in [-0.15, -0.1) is 0 Å². The standard InChI is InChI=1S/C18H19N3O5S/c1-13(22)19-14-4-8-17(9-5-14)27(24,25)20-15-2-6-16(7-3-15)21-10-11-26-12-18(21)23/h2-9,20H,10-12H2,1H3,(H,19,22). The molecule has 0 aliphatic carbocycles. The van der Waals surface area contributed by atoms with E-state index in [2.05, 4.69) is 10.0 Å². The normalized spacial score (nSPS) is 14.7. The zero-order valence-corrected chi connectivity index (χ0v) is 15.5. The third kappa shape index (κ3) is 4.63. The van der Waals surface area contributed by atoms with E-state index in [0.29, 0.717) is 30.2 Å². The molecule has 0 aromatic heterocycles. The summed E-state index contributed by atoms with van der Waals surface area (Å²) in [7, 11) is -3.77. The Morgan fingerprint density at radius 1 is 1.04 bits per heavy atom. The quantitative estimate of drug-likeness (QED) is 0.811. The number of sulfonamides is 1. The van der Waals surface area contributed by atoms with E-state index in [0.717, 1.165) is 0 Å². The highest BCUT2D eigenvalue weighted by atomic mass is 32.2. The molecule has 1 fully saturated rings. The number of hydrogen-bond donors (Lipinski definition) is 2. The maximum absolute atomic E-state index is 12.5. The average Bonchev–Trinajstić information content (AvgIpc) is 2.63. The van der Waals surface area contributed by atoms with Crippen molar-refractivity contribution in [1.29, 1.82) is 0 Å². The van der Waals surface area contributed by atoms with Gasteiger partial charge in [0.2, 0.25) is 5.91 Å². The van der Waals surface area contributed by atoms with Gasteiger partial charge in [-0.3, -0.25) is 14.3 Å². The summed E-state index contributed by atoms with van der Waals surface area (Å²) >= 11 is 0. The highest BCUT2D eigenvalue weighted by Crippen LogP contribution is 2.22. The van der Waals surface area contributed by atoms with Crippen LogP contribution in [-0.4, -0.2) is 40.0 Å². The van der Waals surface area contributed by atoms with Crippen molar-refractivity contribution < 1.29 is 22.7 Å². The van der Waals surface area contributed by atoms with Crippen LogP contribution in [0.25, 0.3) is 0 Å². The molecule has 3 rings (SSSR count). The van der Waals surface area contributed by atoms with Gasteiger partial charge in [0.15, 0.2) is 0 Å². The number of rotatable bonds is 5. The lowest BCUT2D eigenvalue weighted by molar-refractivity contribution is -0.125. The largest absolute Gasteiger partial charge is 0.370 e. The SMILES string of the molecule is CC(=O)Nc1ccc(S(=O)(=O)Nc2ccc(N3CCOCC3=O)cc2)cc1. The fraction of sp³-hybridized carbons (Fsp3) is 0.222. The Kier molecular flexibility index (Phi) is 5.43. The topological polar surface area (TPSA) is 105 Å². The molecular formula is C18H19N3O5S. The minimum Gasteiger partial charge on any atom is -0.370 e. The molecule has 0 saturated carbocycles. The molecule has 0 spiro atoms. The maximum Gasteiger partial charge on any atom is 0.261 e. The molecule has 8 nitrogen and oxygen atoms in total. The summed E-state index contributed by atoms with van der Waals surface area (Å²) in [6.07, 6.45) is 0. The van der Waals surface area contributed by atoms with E-state index in [-0.39, 0.29) is 23.3 Å². The zero-order valence-electron chi connectivity index (χ0n) is 14.6. The number of nitrogens with one attached hydrogen (secondary N) is 2. The Bertz CT molecular complexity index is 940. The first-order valence-electron chi connectivity index (χ1n) is 8.24. The summed E-state index contributed by atoms with van der Waals surface area (Å²) in [5.74, 6) is -0.364. The lowest BCUT2D eigenvalue weighted by Crippen LogP contribution is -2.41. The number of ether oxygens (including phenoxy) is 1. The van der Waals surface area contributed by atoms with Crippen LogP contribution in [0.3, 0.4) is 0 Å². The van der Waals surface area contributed by atoms with Crippen molar-refractivity contribution in [3.8, 4) is 0 Å². The van der Waals surface area contributed by atoms with Gasteiger partial charge < -0.3 is 15.0 Å². The summed E-state index contributed by atoms with van der Waals surface area (Å²) in [4.78, 5) is 24.5. The number of hydrogen-bond acceptors (Lipinski definition) is 5. The van der Waals surface area contributed by atoms with Crippen LogP contribution in [0.15, 0.2) is 53.4 Å². The molecule has 0 bridgehead atoms. The number of nitrogens with zero attached hydrogens (tertiary/aromatic N) is 1. The van der Waals surface area contributed by atoms with Gasteiger partial charge in [-0.2, -0.15) is 0 Å². The number of morpholine rings is 1. The van der Waals surface area contributed by atoms with Gasteiger partial charge in [-0.1, -0.05) is 0 Å². The van der Waals surface area contributed by atoms with Crippen molar-refractivity contribution in [3.05, 3.63) is 48.5 Å². The molecule has 0 radical (unpaired) electrons. The van der Waals surface area contributed by atoms with Crippen molar-refractivity contribution in [1.82, 2.24) is 0 Å². The lowest BCUT2D eigenvalue weighted by atomic mass is 10.2. The molecule has 1 aliphatic rings. The molecule has 1 heterocycles. The third-order valence-electron chi connectivity index (χ3n) is 3.90. The van der Waals surface area contributed by atoms with Crippen LogP contribution in [0.2, 0.25) is 0 Å².